The zero-order valence-corrected chi connectivity index (χ0v) is 8.33. The predicted octanol–water partition coefficient (Wildman–Crippen LogP) is -8.68. The molecule has 0 aliphatic heterocycles. The molecule has 0 aromatic rings. The second-order valence-corrected chi connectivity index (χ2v) is 1.15. The van der Waals surface area contributed by atoms with Gasteiger partial charge in [-0.15, -0.1) is 0 Å². The summed E-state index contributed by atoms with van der Waals surface area (Å²) in [6, 6.07) is 0. The SMILES string of the molecule is O.O.O=C([O-])C(=O)[O-].O=C([O-])C(=O)[O-].[Ti+4]. The molecule has 11 heteroatoms. The quantitative estimate of drug-likeness (QED) is 0.299. The second kappa shape index (κ2) is 15.0. The topological polar surface area (TPSA) is 224 Å². The van der Waals surface area contributed by atoms with Gasteiger partial charge < -0.3 is 50.6 Å². The van der Waals surface area contributed by atoms with Crippen molar-refractivity contribution in [2.24, 2.45) is 0 Å². The van der Waals surface area contributed by atoms with Crippen LogP contribution in [0.2, 0.25) is 0 Å². The second-order valence-electron chi connectivity index (χ2n) is 1.15. The molecule has 10 nitrogen and oxygen atoms in total. The number of carbonyl (C=O) groups is 4. The molecule has 0 unspecified atom stereocenters. The smallest absolute Gasteiger partial charge is 0.543 e. The Hall–Kier alpha value is -1.49. The number of hydrogen-bond acceptors (Lipinski definition) is 8. The Morgan fingerprint density at radius 1 is 0.533 bits per heavy atom. The largest absolute Gasteiger partial charge is 4.00 e. The van der Waals surface area contributed by atoms with Crippen molar-refractivity contribution in [1.82, 2.24) is 0 Å². The maximum Gasteiger partial charge on any atom is 4.00 e. The van der Waals surface area contributed by atoms with E-state index in [1.165, 1.54) is 0 Å². The molecule has 0 heterocycles. The minimum absolute atomic E-state index is 0. The van der Waals surface area contributed by atoms with Crippen LogP contribution in [0.25, 0.3) is 0 Å². The summed E-state index contributed by atoms with van der Waals surface area (Å²) in [5.41, 5.74) is 0. The van der Waals surface area contributed by atoms with Crippen LogP contribution in [0.1, 0.15) is 0 Å². The van der Waals surface area contributed by atoms with Crippen LogP contribution in [-0.2, 0) is 40.9 Å². The van der Waals surface area contributed by atoms with Gasteiger partial charge in [0, 0.05) is 0 Å². The number of carboxylic acids is 4. The summed E-state index contributed by atoms with van der Waals surface area (Å²) in [4.78, 5) is 35.7. The molecule has 0 saturated carbocycles. The van der Waals surface area contributed by atoms with Crippen LogP contribution >= 0.6 is 0 Å². The van der Waals surface area contributed by atoms with Gasteiger partial charge in [-0.2, -0.15) is 0 Å². The van der Waals surface area contributed by atoms with E-state index in [1.54, 1.807) is 0 Å². The molecule has 0 radical (unpaired) electrons. The summed E-state index contributed by atoms with van der Waals surface area (Å²) < 4.78 is 0. The molecule has 0 rings (SSSR count). The van der Waals surface area contributed by atoms with Crippen LogP contribution in [0, 0.1) is 0 Å². The van der Waals surface area contributed by atoms with Gasteiger partial charge in [0.05, 0.1) is 23.9 Å². The van der Waals surface area contributed by atoms with Gasteiger partial charge >= 0.3 is 21.7 Å². The summed E-state index contributed by atoms with van der Waals surface area (Å²) in [5.74, 6) is -8.74. The van der Waals surface area contributed by atoms with E-state index in [1.807, 2.05) is 0 Å². The molecular formula is C4H4O10Ti. The summed E-state index contributed by atoms with van der Waals surface area (Å²) in [6.07, 6.45) is 0. The zero-order valence-electron chi connectivity index (χ0n) is 6.77. The molecule has 0 saturated heterocycles. The van der Waals surface area contributed by atoms with E-state index in [2.05, 4.69) is 0 Å². The summed E-state index contributed by atoms with van der Waals surface area (Å²) in [7, 11) is 0. The van der Waals surface area contributed by atoms with Gasteiger partial charge in [-0.3, -0.25) is 0 Å². The first-order chi connectivity index (χ1) is 5.29. The Morgan fingerprint density at radius 2 is 0.600 bits per heavy atom. The van der Waals surface area contributed by atoms with E-state index < -0.39 is 23.9 Å². The Balaban J connectivity index is -0.0000000370. The zero-order chi connectivity index (χ0) is 10.3. The number of rotatable bonds is 0. The van der Waals surface area contributed by atoms with Crippen molar-refractivity contribution >= 4 is 23.9 Å². The Bertz CT molecular complexity index is 173. The van der Waals surface area contributed by atoms with Crippen LogP contribution in [-0.4, -0.2) is 34.8 Å². The standard InChI is InChI=1S/2C2H2O4.2H2O.Ti/c2*3-1(4)2(5)6;;;/h2*(H,3,4)(H,5,6);2*1H2;/q;;;;+4/p-4. The molecule has 0 aromatic carbocycles. The average Bonchev–Trinajstić information content (AvgIpc) is 1.88. The van der Waals surface area contributed by atoms with Gasteiger partial charge in [-0.05, 0) is 0 Å². The number of carbonyl (C=O) groups excluding carboxylic acids is 4. The molecule has 0 aliphatic rings. The van der Waals surface area contributed by atoms with E-state index in [0.29, 0.717) is 0 Å². The Kier molecular flexibility index (Phi) is 29.2. The fourth-order valence-electron chi connectivity index (χ4n) is 0. The normalized spacial score (nSPS) is 5.87. The predicted molar refractivity (Wildman–Crippen MR) is 27.3 cm³/mol. The molecular weight excluding hydrogens is 256 g/mol. The van der Waals surface area contributed by atoms with Crippen molar-refractivity contribution in [3.05, 3.63) is 0 Å². The van der Waals surface area contributed by atoms with Crippen molar-refractivity contribution in [3.8, 4) is 0 Å². The van der Waals surface area contributed by atoms with E-state index in [-0.39, 0.29) is 32.7 Å². The van der Waals surface area contributed by atoms with E-state index in [9.17, 15) is 0 Å². The van der Waals surface area contributed by atoms with Crippen LogP contribution in [0.3, 0.4) is 0 Å². The first-order valence-corrected chi connectivity index (χ1v) is 2.13. The molecule has 0 atom stereocenters. The average molecular weight is 260 g/mol. The van der Waals surface area contributed by atoms with Gasteiger partial charge in [0.1, 0.15) is 0 Å². The molecule has 4 N–H and O–H groups in total. The minimum Gasteiger partial charge on any atom is -0.543 e. The molecule has 0 aliphatic carbocycles. The van der Waals surface area contributed by atoms with Crippen LogP contribution in [0.15, 0.2) is 0 Å². The maximum absolute atomic E-state index is 8.93. The number of hydrogen-bond donors (Lipinski definition) is 0. The molecule has 0 spiro atoms. The van der Waals surface area contributed by atoms with Crippen LogP contribution < -0.4 is 20.4 Å². The first kappa shape index (κ1) is 29.2. The van der Waals surface area contributed by atoms with Gasteiger partial charge in [0.25, 0.3) is 0 Å². The third-order valence-electron chi connectivity index (χ3n) is 0.333. The van der Waals surface area contributed by atoms with Gasteiger partial charge in [0.2, 0.25) is 0 Å². The van der Waals surface area contributed by atoms with Crippen molar-refractivity contribution < 1.29 is 72.3 Å². The molecule has 84 valence electrons. The van der Waals surface area contributed by atoms with Crippen LogP contribution in [0.4, 0.5) is 0 Å². The number of aliphatic carboxylic acids is 4. The van der Waals surface area contributed by atoms with Crippen LogP contribution in [0.5, 0.6) is 0 Å². The fraction of sp³-hybridized carbons (Fsp3) is 0. The Labute approximate surface area is 96.6 Å². The van der Waals surface area contributed by atoms with Crippen molar-refractivity contribution in [2.45, 2.75) is 0 Å². The Morgan fingerprint density at radius 3 is 0.600 bits per heavy atom. The third kappa shape index (κ3) is 32.6. The third-order valence-corrected chi connectivity index (χ3v) is 0.333. The molecule has 0 fully saturated rings. The fourth-order valence-corrected chi connectivity index (χ4v) is 0. The van der Waals surface area contributed by atoms with Gasteiger partial charge in [-0.1, -0.05) is 0 Å². The first-order valence-electron chi connectivity index (χ1n) is 2.13. The maximum atomic E-state index is 8.93. The molecule has 15 heavy (non-hydrogen) atoms. The molecule has 0 amide bonds. The summed E-state index contributed by atoms with van der Waals surface area (Å²) in [6.45, 7) is 0. The van der Waals surface area contributed by atoms with E-state index in [0.717, 1.165) is 0 Å². The van der Waals surface area contributed by atoms with E-state index in [4.69, 9.17) is 39.6 Å². The van der Waals surface area contributed by atoms with Gasteiger partial charge in [-0.25, -0.2) is 0 Å². The molecule has 0 aromatic heterocycles. The van der Waals surface area contributed by atoms with Crippen molar-refractivity contribution in [1.29, 1.82) is 0 Å². The monoisotopic (exact) mass is 260 g/mol. The van der Waals surface area contributed by atoms with Crippen molar-refractivity contribution in [2.75, 3.05) is 0 Å². The van der Waals surface area contributed by atoms with Gasteiger partial charge in [0.15, 0.2) is 0 Å². The minimum atomic E-state index is -2.19. The number of carboxylic acid groups (broad SMARTS) is 4. The summed E-state index contributed by atoms with van der Waals surface area (Å²) >= 11 is 0. The summed E-state index contributed by atoms with van der Waals surface area (Å²) in [5, 5.41) is 35.7. The van der Waals surface area contributed by atoms with Crippen molar-refractivity contribution in [3.63, 3.8) is 0 Å². The van der Waals surface area contributed by atoms with E-state index >= 15 is 0 Å². The molecule has 0 bridgehead atoms.